The van der Waals surface area contributed by atoms with Crippen molar-refractivity contribution in [1.29, 1.82) is 0 Å². The Hall–Kier alpha value is -2.73. The van der Waals surface area contributed by atoms with E-state index in [1.807, 2.05) is 48.1 Å². The van der Waals surface area contributed by atoms with Crippen LogP contribution in [0.5, 0.6) is 0 Å². The fourth-order valence-electron chi connectivity index (χ4n) is 3.72. The van der Waals surface area contributed by atoms with Crippen LogP contribution in [-0.4, -0.2) is 44.5 Å². The number of carbonyl (C=O) groups excluding carboxylic acids is 1. The highest BCUT2D eigenvalue weighted by Crippen LogP contribution is 2.19. The Labute approximate surface area is 159 Å². The van der Waals surface area contributed by atoms with E-state index in [4.69, 9.17) is 0 Å². The van der Waals surface area contributed by atoms with Crippen molar-refractivity contribution in [3.8, 4) is 0 Å². The summed E-state index contributed by atoms with van der Waals surface area (Å²) in [5.74, 6) is 0.0609. The third-order valence-corrected chi connectivity index (χ3v) is 5.37. The second kappa shape index (κ2) is 7.88. The number of para-hydroxylation sites is 2. The Morgan fingerprint density at radius 1 is 1.19 bits per heavy atom. The molecule has 0 saturated carbocycles. The van der Waals surface area contributed by atoms with E-state index in [-0.39, 0.29) is 18.0 Å². The Bertz CT molecular complexity index is 899. The first-order valence-electron chi connectivity index (χ1n) is 9.54. The molecule has 0 bridgehead atoms. The van der Waals surface area contributed by atoms with Gasteiger partial charge in [0.1, 0.15) is 6.04 Å². The maximum absolute atomic E-state index is 12.7. The van der Waals surface area contributed by atoms with Crippen LogP contribution in [0.3, 0.4) is 0 Å². The SMILES string of the molecule is C[C@@H](C(=O)NC1CCN(Cc2ccncc2)CC1)n1cnc2ccccc21. The van der Waals surface area contributed by atoms with E-state index >= 15 is 0 Å². The summed E-state index contributed by atoms with van der Waals surface area (Å²) in [5.41, 5.74) is 3.20. The highest BCUT2D eigenvalue weighted by molar-refractivity contribution is 5.83. The predicted molar refractivity (Wildman–Crippen MR) is 105 cm³/mol. The number of hydrogen-bond acceptors (Lipinski definition) is 4. The van der Waals surface area contributed by atoms with Gasteiger partial charge in [0, 0.05) is 38.1 Å². The number of hydrogen-bond donors (Lipinski definition) is 1. The quantitative estimate of drug-likeness (QED) is 0.757. The van der Waals surface area contributed by atoms with Crippen LogP contribution in [0.15, 0.2) is 55.1 Å². The van der Waals surface area contributed by atoms with Gasteiger partial charge in [-0.1, -0.05) is 12.1 Å². The number of rotatable bonds is 5. The molecule has 0 spiro atoms. The van der Waals surface area contributed by atoms with Gasteiger partial charge in [-0.05, 0) is 49.6 Å². The molecule has 4 rings (SSSR count). The van der Waals surface area contributed by atoms with E-state index in [0.29, 0.717) is 0 Å². The van der Waals surface area contributed by atoms with E-state index in [9.17, 15) is 4.79 Å². The van der Waals surface area contributed by atoms with Gasteiger partial charge in [-0.2, -0.15) is 0 Å². The van der Waals surface area contributed by atoms with Crippen LogP contribution in [-0.2, 0) is 11.3 Å². The highest BCUT2D eigenvalue weighted by atomic mass is 16.2. The van der Waals surface area contributed by atoms with Crippen molar-refractivity contribution >= 4 is 16.9 Å². The monoisotopic (exact) mass is 363 g/mol. The number of fused-ring (bicyclic) bond motifs is 1. The Balaban J connectivity index is 1.31. The molecule has 1 N–H and O–H groups in total. The first-order chi connectivity index (χ1) is 13.2. The smallest absolute Gasteiger partial charge is 0.243 e. The average molecular weight is 363 g/mol. The molecule has 1 saturated heterocycles. The summed E-state index contributed by atoms with van der Waals surface area (Å²) in [5, 5.41) is 3.23. The zero-order valence-electron chi connectivity index (χ0n) is 15.6. The number of pyridine rings is 1. The summed E-state index contributed by atoms with van der Waals surface area (Å²) in [4.78, 5) is 23.6. The fraction of sp³-hybridized carbons (Fsp3) is 0.381. The number of imidazole rings is 1. The maximum Gasteiger partial charge on any atom is 0.243 e. The second-order valence-corrected chi connectivity index (χ2v) is 7.23. The van der Waals surface area contributed by atoms with Crippen molar-refractivity contribution in [2.45, 2.75) is 38.4 Å². The lowest BCUT2D eigenvalue weighted by molar-refractivity contribution is -0.124. The summed E-state index contributed by atoms with van der Waals surface area (Å²) in [6.07, 6.45) is 7.39. The summed E-state index contributed by atoms with van der Waals surface area (Å²) < 4.78 is 1.95. The molecule has 3 heterocycles. The van der Waals surface area contributed by atoms with Gasteiger partial charge in [-0.3, -0.25) is 14.7 Å². The fourth-order valence-corrected chi connectivity index (χ4v) is 3.72. The molecule has 0 unspecified atom stereocenters. The van der Waals surface area contributed by atoms with E-state index < -0.39 is 0 Å². The number of benzene rings is 1. The van der Waals surface area contributed by atoms with Crippen LogP contribution < -0.4 is 5.32 Å². The Kier molecular flexibility index (Phi) is 5.16. The van der Waals surface area contributed by atoms with Crippen molar-refractivity contribution < 1.29 is 4.79 Å². The van der Waals surface area contributed by atoms with Gasteiger partial charge in [0.25, 0.3) is 0 Å². The number of nitrogens with one attached hydrogen (secondary N) is 1. The van der Waals surface area contributed by atoms with Crippen LogP contribution in [0.25, 0.3) is 11.0 Å². The third kappa shape index (κ3) is 4.01. The van der Waals surface area contributed by atoms with Crippen LogP contribution in [0.1, 0.15) is 31.4 Å². The van der Waals surface area contributed by atoms with Crippen molar-refractivity contribution in [2.24, 2.45) is 0 Å². The lowest BCUT2D eigenvalue weighted by Crippen LogP contribution is -2.46. The third-order valence-electron chi connectivity index (χ3n) is 5.37. The van der Waals surface area contributed by atoms with Crippen molar-refractivity contribution in [1.82, 2.24) is 24.8 Å². The molecule has 1 aromatic carbocycles. The van der Waals surface area contributed by atoms with Gasteiger partial charge in [0.15, 0.2) is 0 Å². The van der Waals surface area contributed by atoms with E-state index in [1.54, 1.807) is 6.33 Å². The van der Waals surface area contributed by atoms with Gasteiger partial charge < -0.3 is 9.88 Å². The molecule has 0 radical (unpaired) electrons. The summed E-state index contributed by atoms with van der Waals surface area (Å²) in [7, 11) is 0. The Morgan fingerprint density at radius 2 is 1.93 bits per heavy atom. The molecule has 6 nitrogen and oxygen atoms in total. The minimum atomic E-state index is -0.271. The molecule has 1 aliphatic rings. The first kappa shape index (κ1) is 17.7. The van der Waals surface area contributed by atoms with E-state index in [1.165, 1.54) is 5.56 Å². The average Bonchev–Trinajstić information content (AvgIpc) is 3.14. The predicted octanol–water partition coefficient (Wildman–Crippen LogP) is 2.77. The first-order valence-corrected chi connectivity index (χ1v) is 9.54. The number of aromatic nitrogens is 3. The van der Waals surface area contributed by atoms with Gasteiger partial charge in [0.05, 0.1) is 17.4 Å². The molecular formula is C21H25N5O. The number of nitrogens with zero attached hydrogens (tertiary/aromatic N) is 4. The summed E-state index contributed by atoms with van der Waals surface area (Å²) >= 11 is 0. The van der Waals surface area contributed by atoms with Crippen LogP contribution >= 0.6 is 0 Å². The molecule has 1 amide bonds. The molecule has 0 aliphatic carbocycles. The molecule has 6 heteroatoms. The van der Waals surface area contributed by atoms with Crippen molar-refractivity contribution in [3.05, 3.63) is 60.7 Å². The number of amides is 1. The van der Waals surface area contributed by atoms with Crippen molar-refractivity contribution in [2.75, 3.05) is 13.1 Å². The van der Waals surface area contributed by atoms with Crippen LogP contribution in [0.4, 0.5) is 0 Å². The molecule has 3 aromatic rings. The van der Waals surface area contributed by atoms with Gasteiger partial charge in [-0.25, -0.2) is 4.98 Å². The lowest BCUT2D eigenvalue weighted by atomic mass is 10.0. The van der Waals surface area contributed by atoms with Gasteiger partial charge >= 0.3 is 0 Å². The van der Waals surface area contributed by atoms with E-state index in [2.05, 4.69) is 32.3 Å². The van der Waals surface area contributed by atoms with Crippen LogP contribution in [0.2, 0.25) is 0 Å². The number of piperidine rings is 1. The van der Waals surface area contributed by atoms with Crippen LogP contribution in [0, 0.1) is 0 Å². The summed E-state index contributed by atoms with van der Waals surface area (Å²) in [6, 6.07) is 12.0. The van der Waals surface area contributed by atoms with Gasteiger partial charge in [0.2, 0.25) is 5.91 Å². The lowest BCUT2D eigenvalue weighted by Gasteiger charge is -2.33. The standard InChI is InChI=1S/C21H25N5O/c1-16(26-15-23-19-4-2-3-5-20(19)26)21(27)24-18-8-12-25(13-9-18)14-17-6-10-22-11-7-17/h2-7,10-11,15-16,18H,8-9,12-14H2,1H3,(H,24,27)/t16-/m0/s1. The molecule has 1 aliphatic heterocycles. The molecule has 1 atom stereocenters. The molecule has 27 heavy (non-hydrogen) atoms. The Morgan fingerprint density at radius 3 is 2.70 bits per heavy atom. The molecule has 2 aromatic heterocycles. The maximum atomic E-state index is 12.7. The normalized spacial score (nSPS) is 17.1. The zero-order valence-corrected chi connectivity index (χ0v) is 15.6. The topological polar surface area (TPSA) is 63.1 Å². The minimum Gasteiger partial charge on any atom is -0.351 e. The molecular weight excluding hydrogens is 338 g/mol. The summed E-state index contributed by atoms with van der Waals surface area (Å²) in [6.45, 7) is 4.87. The highest BCUT2D eigenvalue weighted by Gasteiger charge is 2.24. The van der Waals surface area contributed by atoms with Gasteiger partial charge in [-0.15, -0.1) is 0 Å². The second-order valence-electron chi connectivity index (χ2n) is 7.23. The van der Waals surface area contributed by atoms with Crippen molar-refractivity contribution in [3.63, 3.8) is 0 Å². The molecule has 140 valence electrons. The zero-order chi connectivity index (χ0) is 18.6. The van der Waals surface area contributed by atoms with E-state index in [0.717, 1.165) is 43.5 Å². The number of likely N-dealkylation sites (tertiary alicyclic amines) is 1. The number of carbonyl (C=O) groups is 1. The minimum absolute atomic E-state index is 0.0609. The molecule has 1 fully saturated rings. The largest absolute Gasteiger partial charge is 0.351 e.